The topological polar surface area (TPSA) is 99.1 Å². The molecule has 2 rings (SSSR count). The lowest BCUT2D eigenvalue weighted by atomic mass is 10.1. The smallest absolute Gasteiger partial charge is 0.260 e. The summed E-state index contributed by atoms with van der Waals surface area (Å²) in [5.41, 5.74) is 3.24. The van der Waals surface area contributed by atoms with Crippen LogP contribution in [0, 0.1) is 0 Å². The Morgan fingerprint density at radius 2 is 1.78 bits per heavy atom. The normalized spacial score (nSPS) is 11.9. The fourth-order valence-corrected chi connectivity index (χ4v) is 3.59. The summed E-state index contributed by atoms with van der Waals surface area (Å²) in [6, 6.07) is 10.7. The molecule has 0 heterocycles. The second kappa shape index (κ2) is 8.60. The van der Waals surface area contributed by atoms with Crippen molar-refractivity contribution in [1.29, 1.82) is 0 Å². The molecule has 0 aromatic heterocycles. The first-order valence-electron chi connectivity index (χ1n) is 7.63. The van der Waals surface area contributed by atoms with Gasteiger partial charge in [-0.15, -0.1) is 0 Å². The van der Waals surface area contributed by atoms with E-state index in [-0.39, 0.29) is 21.5 Å². The van der Waals surface area contributed by atoms with Gasteiger partial charge >= 0.3 is 0 Å². The van der Waals surface area contributed by atoms with Gasteiger partial charge in [0, 0.05) is 15.6 Å². The van der Waals surface area contributed by atoms with Crippen LogP contribution in [-0.2, 0) is 14.8 Å². The van der Waals surface area contributed by atoms with Crippen LogP contribution in [0.4, 0.5) is 5.69 Å². The number of carbonyl (C=O) groups is 1. The van der Waals surface area contributed by atoms with E-state index < -0.39 is 22.5 Å². The van der Waals surface area contributed by atoms with Gasteiger partial charge in [0.2, 0.25) is 10.0 Å². The molecule has 0 saturated carbocycles. The minimum atomic E-state index is -3.78. The van der Waals surface area contributed by atoms with Crippen LogP contribution < -0.4 is 9.73 Å². The molecule has 0 aliphatic carbocycles. The van der Waals surface area contributed by atoms with Crippen molar-refractivity contribution < 1.29 is 18.3 Å². The number of nitrogens with one attached hydrogen (secondary N) is 1. The molecule has 1 amide bonds. The summed E-state index contributed by atoms with van der Waals surface area (Å²) >= 11 is 11.8. The van der Waals surface area contributed by atoms with Crippen LogP contribution in [0.1, 0.15) is 12.5 Å². The minimum absolute atomic E-state index is 0.0133. The molecule has 10 heteroatoms. The van der Waals surface area contributed by atoms with Crippen LogP contribution in [-0.4, -0.2) is 37.9 Å². The number of anilines is 1. The predicted octanol–water partition coefficient (Wildman–Crippen LogP) is 3.01. The van der Waals surface area contributed by atoms with Crippen LogP contribution in [0.2, 0.25) is 10.0 Å². The summed E-state index contributed by atoms with van der Waals surface area (Å²) in [7, 11) is -3.78. The van der Waals surface area contributed by atoms with Gasteiger partial charge in [-0.1, -0.05) is 35.3 Å². The average molecular weight is 430 g/mol. The predicted molar refractivity (Wildman–Crippen MR) is 107 cm³/mol. The fraction of sp³-hybridized carbons (Fsp3) is 0.176. The van der Waals surface area contributed by atoms with Crippen molar-refractivity contribution >= 4 is 50.5 Å². The molecule has 0 bridgehead atoms. The summed E-state index contributed by atoms with van der Waals surface area (Å²) in [6.07, 6.45) is 0.964. The second-order valence-electron chi connectivity index (χ2n) is 5.65. The number of phenols is 1. The zero-order valence-electron chi connectivity index (χ0n) is 14.5. The SMILES string of the molecule is C/C(=N/NC(=O)CN(c1cc(Cl)cc(Cl)c1)S(C)(=O)=O)c1ccccc1O. The highest BCUT2D eigenvalue weighted by molar-refractivity contribution is 7.92. The number of nitrogens with zero attached hydrogens (tertiary/aromatic N) is 2. The van der Waals surface area contributed by atoms with Gasteiger partial charge in [0.25, 0.3) is 5.91 Å². The maximum Gasteiger partial charge on any atom is 0.260 e. The van der Waals surface area contributed by atoms with E-state index >= 15 is 0 Å². The summed E-state index contributed by atoms with van der Waals surface area (Å²) in [5.74, 6) is -0.661. The highest BCUT2D eigenvalue weighted by Crippen LogP contribution is 2.26. The molecule has 0 radical (unpaired) electrons. The van der Waals surface area contributed by atoms with Crippen LogP contribution in [0.3, 0.4) is 0 Å². The van der Waals surface area contributed by atoms with E-state index in [0.29, 0.717) is 11.3 Å². The van der Waals surface area contributed by atoms with Crippen LogP contribution in [0.5, 0.6) is 5.75 Å². The molecule has 27 heavy (non-hydrogen) atoms. The summed E-state index contributed by atoms with van der Waals surface area (Å²) in [6.45, 7) is 1.08. The van der Waals surface area contributed by atoms with Gasteiger partial charge in [-0.05, 0) is 37.3 Å². The van der Waals surface area contributed by atoms with E-state index in [4.69, 9.17) is 23.2 Å². The number of sulfonamides is 1. The molecule has 0 atom stereocenters. The maximum absolute atomic E-state index is 12.2. The van der Waals surface area contributed by atoms with E-state index in [2.05, 4.69) is 10.5 Å². The monoisotopic (exact) mass is 429 g/mol. The fourth-order valence-electron chi connectivity index (χ4n) is 2.24. The van der Waals surface area contributed by atoms with E-state index in [1.807, 2.05) is 0 Å². The average Bonchev–Trinajstić information content (AvgIpc) is 2.56. The van der Waals surface area contributed by atoms with Crippen LogP contribution in [0.15, 0.2) is 47.6 Å². The Bertz CT molecular complexity index is 973. The molecule has 0 spiro atoms. The Morgan fingerprint density at radius 1 is 1.19 bits per heavy atom. The van der Waals surface area contributed by atoms with E-state index in [0.717, 1.165) is 10.6 Å². The van der Waals surface area contributed by atoms with Crippen molar-refractivity contribution in [3.8, 4) is 5.75 Å². The molecule has 0 aliphatic heterocycles. The summed E-state index contributed by atoms with van der Waals surface area (Å²) in [4.78, 5) is 12.2. The van der Waals surface area contributed by atoms with Crippen molar-refractivity contribution in [2.75, 3.05) is 17.1 Å². The lowest BCUT2D eigenvalue weighted by Crippen LogP contribution is -2.39. The largest absolute Gasteiger partial charge is 0.507 e. The first kappa shape index (κ1) is 21.0. The second-order valence-corrected chi connectivity index (χ2v) is 8.43. The standard InChI is InChI=1S/C17H17Cl2N3O4S/c1-11(15-5-3-4-6-16(15)23)20-21-17(24)10-22(27(2,25)26)14-8-12(18)7-13(19)9-14/h3-9,23H,10H2,1-2H3,(H,21,24)/b20-11-. The number of hydrogen-bond donors (Lipinski definition) is 2. The molecule has 0 saturated heterocycles. The number of aromatic hydroxyl groups is 1. The van der Waals surface area contributed by atoms with E-state index in [1.165, 1.54) is 24.3 Å². The first-order chi connectivity index (χ1) is 12.6. The molecule has 7 nitrogen and oxygen atoms in total. The van der Waals surface area contributed by atoms with E-state index in [9.17, 15) is 18.3 Å². The summed E-state index contributed by atoms with van der Waals surface area (Å²) < 4.78 is 25.0. The highest BCUT2D eigenvalue weighted by Gasteiger charge is 2.21. The zero-order valence-corrected chi connectivity index (χ0v) is 16.8. The molecule has 0 fully saturated rings. The third-order valence-corrected chi connectivity index (χ3v) is 5.04. The number of carbonyl (C=O) groups excluding carboxylic acids is 1. The van der Waals surface area contributed by atoms with Crippen molar-refractivity contribution in [1.82, 2.24) is 5.43 Å². The molecule has 2 aromatic rings. The minimum Gasteiger partial charge on any atom is -0.507 e. The Hall–Kier alpha value is -2.29. The Balaban J connectivity index is 2.20. The third kappa shape index (κ3) is 5.85. The molecule has 2 N–H and O–H groups in total. The highest BCUT2D eigenvalue weighted by atomic mass is 35.5. The Morgan fingerprint density at radius 3 is 2.33 bits per heavy atom. The Kier molecular flexibility index (Phi) is 6.69. The van der Waals surface area contributed by atoms with Gasteiger partial charge in [-0.25, -0.2) is 13.8 Å². The maximum atomic E-state index is 12.2. The molecular formula is C17H17Cl2N3O4S. The molecule has 144 valence electrons. The number of para-hydroxylation sites is 1. The van der Waals surface area contributed by atoms with Gasteiger partial charge in [-0.3, -0.25) is 9.10 Å². The molecule has 2 aromatic carbocycles. The molecular weight excluding hydrogens is 413 g/mol. The van der Waals surface area contributed by atoms with Crippen molar-refractivity contribution in [3.63, 3.8) is 0 Å². The van der Waals surface area contributed by atoms with Gasteiger partial charge in [0.15, 0.2) is 0 Å². The zero-order chi connectivity index (χ0) is 20.2. The number of rotatable bonds is 6. The molecule has 0 aliphatic rings. The van der Waals surface area contributed by atoms with Crippen LogP contribution in [0.25, 0.3) is 0 Å². The van der Waals surface area contributed by atoms with Gasteiger partial charge < -0.3 is 5.11 Å². The first-order valence-corrected chi connectivity index (χ1v) is 10.2. The van der Waals surface area contributed by atoms with Crippen molar-refractivity contribution in [2.45, 2.75) is 6.92 Å². The quantitative estimate of drug-likeness (QED) is 0.544. The van der Waals surface area contributed by atoms with Crippen molar-refractivity contribution in [3.05, 3.63) is 58.1 Å². The van der Waals surface area contributed by atoms with Gasteiger partial charge in [0.1, 0.15) is 12.3 Å². The lowest BCUT2D eigenvalue weighted by Gasteiger charge is -2.21. The number of hydrazone groups is 1. The number of phenolic OH excluding ortho intramolecular Hbond substituents is 1. The van der Waals surface area contributed by atoms with Gasteiger partial charge in [-0.2, -0.15) is 5.10 Å². The van der Waals surface area contributed by atoms with Gasteiger partial charge in [0.05, 0.1) is 17.7 Å². The third-order valence-electron chi connectivity index (χ3n) is 3.46. The van der Waals surface area contributed by atoms with Crippen molar-refractivity contribution in [2.24, 2.45) is 5.10 Å². The summed E-state index contributed by atoms with van der Waals surface area (Å²) in [5, 5.41) is 14.2. The lowest BCUT2D eigenvalue weighted by molar-refractivity contribution is -0.119. The number of hydrogen-bond acceptors (Lipinski definition) is 5. The Labute approximate surface area is 167 Å². The molecule has 0 unspecified atom stereocenters. The number of amides is 1. The van der Waals surface area contributed by atoms with E-state index in [1.54, 1.807) is 25.1 Å². The number of halogens is 2. The van der Waals surface area contributed by atoms with Crippen LogP contribution >= 0.6 is 23.2 Å². The number of benzene rings is 2.